The average molecular weight is 277 g/mol. The predicted molar refractivity (Wildman–Crippen MR) is 75.5 cm³/mol. The van der Waals surface area contributed by atoms with Gasteiger partial charge in [0.05, 0.1) is 0 Å². The normalized spacial score (nSPS) is 33.4. The lowest BCUT2D eigenvalue weighted by atomic mass is 9.50. The standard InChI is InChI=1S/C15H17ClN2O/c1-17-11-7-15(8-11)5-9(6-15)14-18-12-4-10(16)2-3-13(12)19-14/h2-4,9,11,17H,5-8H2,1H3. The van der Waals surface area contributed by atoms with E-state index in [2.05, 4.69) is 17.3 Å². The van der Waals surface area contributed by atoms with Gasteiger partial charge in [-0.1, -0.05) is 11.6 Å². The minimum atomic E-state index is 0.504. The van der Waals surface area contributed by atoms with Crippen LogP contribution in [0.25, 0.3) is 11.1 Å². The van der Waals surface area contributed by atoms with Gasteiger partial charge in [0.2, 0.25) is 0 Å². The third kappa shape index (κ3) is 1.79. The lowest BCUT2D eigenvalue weighted by Crippen LogP contribution is -2.53. The molecule has 1 aromatic carbocycles. The van der Waals surface area contributed by atoms with Gasteiger partial charge in [-0.25, -0.2) is 4.98 Å². The highest BCUT2D eigenvalue weighted by molar-refractivity contribution is 6.31. The molecule has 2 aliphatic rings. The molecule has 4 rings (SSSR count). The summed E-state index contributed by atoms with van der Waals surface area (Å²) < 4.78 is 5.86. The number of nitrogens with one attached hydrogen (secondary N) is 1. The summed E-state index contributed by atoms with van der Waals surface area (Å²) >= 11 is 5.98. The number of hydrogen-bond acceptors (Lipinski definition) is 3. The second-order valence-corrected chi connectivity index (χ2v) is 6.60. The van der Waals surface area contributed by atoms with Crippen LogP contribution in [0.3, 0.4) is 0 Å². The molecular weight excluding hydrogens is 260 g/mol. The maximum atomic E-state index is 5.98. The molecule has 1 N–H and O–H groups in total. The van der Waals surface area contributed by atoms with Crippen LogP contribution in [0.2, 0.25) is 5.02 Å². The Morgan fingerprint density at radius 1 is 1.32 bits per heavy atom. The van der Waals surface area contributed by atoms with E-state index in [0.717, 1.165) is 23.0 Å². The smallest absolute Gasteiger partial charge is 0.198 e. The first-order valence-corrected chi connectivity index (χ1v) is 7.28. The second-order valence-electron chi connectivity index (χ2n) is 6.16. The molecule has 0 radical (unpaired) electrons. The second kappa shape index (κ2) is 3.97. The highest BCUT2D eigenvalue weighted by atomic mass is 35.5. The molecule has 1 aromatic heterocycles. The number of nitrogens with zero attached hydrogens (tertiary/aromatic N) is 1. The van der Waals surface area contributed by atoms with Gasteiger partial charge in [0.1, 0.15) is 5.52 Å². The van der Waals surface area contributed by atoms with E-state index in [1.807, 2.05) is 18.2 Å². The van der Waals surface area contributed by atoms with E-state index in [1.165, 1.54) is 25.7 Å². The summed E-state index contributed by atoms with van der Waals surface area (Å²) in [6, 6.07) is 6.36. The maximum Gasteiger partial charge on any atom is 0.198 e. The first kappa shape index (κ1) is 11.7. The third-order valence-electron chi connectivity index (χ3n) is 4.84. The molecule has 2 aliphatic carbocycles. The Balaban J connectivity index is 1.51. The van der Waals surface area contributed by atoms with E-state index in [0.29, 0.717) is 16.4 Å². The number of halogens is 1. The van der Waals surface area contributed by atoms with Crippen molar-refractivity contribution in [2.75, 3.05) is 7.05 Å². The Morgan fingerprint density at radius 2 is 2.11 bits per heavy atom. The summed E-state index contributed by atoms with van der Waals surface area (Å²) in [5.74, 6) is 1.40. The lowest BCUT2D eigenvalue weighted by Gasteiger charge is -2.57. The Kier molecular flexibility index (Phi) is 2.45. The largest absolute Gasteiger partial charge is 0.440 e. The molecule has 1 spiro atoms. The number of hydrogen-bond donors (Lipinski definition) is 1. The van der Waals surface area contributed by atoms with Crippen molar-refractivity contribution in [3.8, 4) is 0 Å². The highest BCUT2D eigenvalue weighted by Gasteiger charge is 2.53. The summed E-state index contributed by atoms with van der Waals surface area (Å²) in [6.07, 6.45) is 5.08. The van der Waals surface area contributed by atoms with Crippen LogP contribution in [-0.2, 0) is 0 Å². The van der Waals surface area contributed by atoms with Crippen molar-refractivity contribution >= 4 is 22.7 Å². The van der Waals surface area contributed by atoms with E-state index in [-0.39, 0.29) is 0 Å². The molecule has 100 valence electrons. The van der Waals surface area contributed by atoms with Crippen LogP contribution in [0.1, 0.15) is 37.5 Å². The van der Waals surface area contributed by atoms with E-state index in [9.17, 15) is 0 Å². The van der Waals surface area contributed by atoms with Crippen LogP contribution in [0.4, 0.5) is 0 Å². The van der Waals surface area contributed by atoms with Gasteiger partial charge in [-0.3, -0.25) is 0 Å². The Bertz CT molecular complexity index is 622. The molecular formula is C15H17ClN2O. The summed E-state index contributed by atoms with van der Waals surface area (Å²) in [7, 11) is 2.05. The van der Waals surface area contributed by atoms with Gasteiger partial charge >= 0.3 is 0 Å². The van der Waals surface area contributed by atoms with Crippen LogP contribution in [-0.4, -0.2) is 18.1 Å². The number of rotatable bonds is 2. The number of fused-ring (bicyclic) bond motifs is 1. The van der Waals surface area contributed by atoms with Crippen LogP contribution in [0.15, 0.2) is 22.6 Å². The Labute approximate surface area is 117 Å². The summed E-state index contributed by atoms with van der Waals surface area (Å²) in [6.45, 7) is 0. The molecule has 2 saturated carbocycles. The molecule has 1 heterocycles. The van der Waals surface area contributed by atoms with Gasteiger partial charge in [-0.2, -0.15) is 0 Å². The zero-order valence-electron chi connectivity index (χ0n) is 10.9. The maximum absolute atomic E-state index is 5.98. The molecule has 0 unspecified atom stereocenters. The number of oxazole rings is 1. The SMILES string of the molecule is CNC1CC2(C1)CC(c1nc3cc(Cl)ccc3o1)C2. The first-order valence-electron chi connectivity index (χ1n) is 6.91. The number of aromatic nitrogens is 1. The third-order valence-corrected chi connectivity index (χ3v) is 5.08. The molecule has 0 atom stereocenters. The molecule has 0 amide bonds. The lowest BCUT2D eigenvalue weighted by molar-refractivity contribution is -0.0251. The van der Waals surface area contributed by atoms with Crippen molar-refractivity contribution < 1.29 is 4.42 Å². The van der Waals surface area contributed by atoms with Gasteiger partial charge in [0, 0.05) is 17.0 Å². The Hall–Kier alpha value is -1.06. The van der Waals surface area contributed by atoms with Gasteiger partial charge in [0.15, 0.2) is 11.5 Å². The fourth-order valence-electron chi connectivity index (χ4n) is 3.78. The molecule has 4 heteroatoms. The van der Waals surface area contributed by atoms with Crippen molar-refractivity contribution in [2.24, 2.45) is 5.41 Å². The van der Waals surface area contributed by atoms with Crippen LogP contribution in [0, 0.1) is 5.41 Å². The van der Waals surface area contributed by atoms with Crippen molar-refractivity contribution in [3.05, 3.63) is 29.1 Å². The van der Waals surface area contributed by atoms with E-state index < -0.39 is 0 Å². The zero-order chi connectivity index (χ0) is 13.0. The van der Waals surface area contributed by atoms with Crippen molar-refractivity contribution in [1.29, 1.82) is 0 Å². The van der Waals surface area contributed by atoms with Crippen molar-refractivity contribution in [2.45, 2.75) is 37.6 Å². The summed E-state index contributed by atoms with van der Waals surface area (Å²) in [5.41, 5.74) is 2.31. The summed E-state index contributed by atoms with van der Waals surface area (Å²) in [4.78, 5) is 4.59. The monoisotopic (exact) mass is 276 g/mol. The number of benzene rings is 1. The minimum Gasteiger partial charge on any atom is -0.440 e. The Morgan fingerprint density at radius 3 is 2.84 bits per heavy atom. The van der Waals surface area contributed by atoms with Gasteiger partial charge in [-0.15, -0.1) is 0 Å². The molecule has 19 heavy (non-hydrogen) atoms. The molecule has 0 saturated heterocycles. The molecule has 0 aliphatic heterocycles. The molecule has 2 fully saturated rings. The quantitative estimate of drug-likeness (QED) is 0.908. The van der Waals surface area contributed by atoms with Crippen molar-refractivity contribution in [1.82, 2.24) is 10.3 Å². The molecule has 3 nitrogen and oxygen atoms in total. The van der Waals surface area contributed by atoms with Gasteiger partial charge in [-0.05, 0) is 56.3 Å². The summed E-state index contributed by atoms with van der Waals surface area (Å²) in [5, 5.41) is 4.07. The predicted octanol–water partition coefficient (Wildman–Crippen LogP) is 3.73. The first-order chi connectivity index (χ1) is 9.17. The van der Waals surface area contributed by atoms with Crippen LogP contribution >= 0.6 is 11.6 Å². The topological polar surface area (TPSA) is 38.1 Å². The van der Waals surface area contributed by atoms with Crippen LogP contribution in [0.5, 0.6) is 0 Å². The zero-order valence-corrected chi connectivity index (χ0v) is 11.7. The fourth-order valence-corrected chi connectivity index (χ4v) is 3.94. The van der Waals surface area contributed by atoms with Crippen molar-refractivity contribution in [3.63, 3.8) is 0 Å². The van der Waals surface area contributed by atoms with E-state index in [1.54, 1.807) is 0 Å². The molecule has 0 bridgehead atoms. The molecule has 2 aromatic rings. The average Bonchev–Trinajstić information content (AvgIpc) is 2.68. The van der Waals surface area contributed by atoms with E-state index in [4.69, 9.17) is 16.0 Å². The highest BCUT2D eigenvalue weighted by Crippen LogP contribution is 2.61. The van der Waals surface area contributed by atoms with Gasteiger partial charge in [0.25, 0.3) is 0 Å². The fraction of sp³-hybridized carbons (Fsp3) is 0.533. The minimum absolute atomic E-state index is 0.504. The van der Waals surface area contributed by atoms with Crippen LogP contribution < -0.4 is 5.32 Å². The van der Waals surface area contributed by atoms with E-state index >= 15 is 0 Å². The van der Waals surface area contributed by atoms with Gasteiger partial charge < -0.3 is 9.73 Å².